The molecule has 1 aliphatic heterocycles. The Morgan fingerprint density at radius 1 is 1.37 bits per heavy atom. The highest BCUT2D eigenvalue weighted by Gasteiger charge is 2.38. The van der Waals surface area contributed by atoms with E-state index in [1.807, 2.05) is 0 Å². The summed E-state index contributed by atoms with van der Waals surface area (Å²) < 4.78 is 48.6. The number of rotatable bonds is 2. The highest BCUT2D eigenvalue weighted by Crippen LogP contribution is 2.33. The minimum absolute atomic E-state index is 0.0788. The van der Waals surface area contributed by atoms with Crippen LogP contribution in [0.1, 0.15) is 6.42 Å². The molecule has 1 saturated heterocycles. The first-order chi connectivity index (χ1) is 8.71. The SMILES string of the molecule is NS(=O)(=O)C1CC(=O)N(c2ccc(F)c(F)c2Br)C1. The average Bonchev–Trinajstić information content (AvgIpc) is 2.68. The van der Waals surface area contributed by atoms with Crippen molar-refractivity contribution in [2.75, 3.05) is 11.4 Å². The van der Waals surface area contributed by atoms with Crippen LogP contribution in [0.4, 0.5) is 14.5 Å². The van der Waals surface area contributed by atoms with Crippen LogP contribution in [0.5, 0.6) is 0 Å². The summed E-state index contributed by atoms with van der Waals surface area (Å²) in [5, 5.41) is 3.94. The fraction of sp³-hybridized carbons (Fsp3) is 0.300. The van der Waals surface area contributed by atoms with Crippen LogP contribution >= 0.6 is 15.9 Å². The molecule has 1 unspecified atom stereocenters. The predicted molar refractivity (Wildman–Crippen MR) is 67.9 cm³/mol. The molecule has 1 aliphatic rings. The van der Waals surface area contributed by atoms with Crippen molar-refractivity contribution in [3.8, 4) is 0 Å². The number of benzene rings is 1. The van der Waals surface area contributed by atoms with Crippen LogP contribution in [-0.2, 0) is 14.8 Å². The van der Waals surface area contributed by atoms with Gasteiger partial charge in [-0.3, -0.25) is 4.79 Å². The van der Waals surface area contributed by atoms with E-state index < -0.39 is 32.8 Å². The molecule has 0 radical (unpaired) electrons. The van der Waals surface area contributed by atoms with Crippen molar-refractivity contribution in [2.24, 2.45) is 5.14 Å². The number of hydrogen-bond donors (Lipinski definition) is 1. The topological polar surface area (TPSA) is 80.5 Å². The zero-order valence-electron chi connectivity index (χ0n) is 9.44. The van der Waals surface area contributed by atoms with E-state index in [1.54, 1.807) is 0 Å². The number of hydrogen-bond acceptors (Lipinski definition) is 3. The van der Waals surface area contributed by atoms with Crippen molar-refractivity contribution < 1.29 is 22.0 Å². The summed E-state index contributed by atoms with van der Waals surface area (Å²) in [5.74, 6) is -2.71. The molecule has 0 aromatic heterocycles. The lowest BCUT2D eigenvalue weighted by Gasteiger charge is -2.18. The van der Waals surface area contributed by atoms with Crippen LogP contribution in [0, 0.1) is 11.6 Å². The lowest BCUT2D eigenvalue weighted by Crippen LogP contribution is -2.32. The summed E-state index contributed by atoms with van der Waals surface area (Å²) in [6.07, 6.45) is -0.274. The van der Waals surface area contributed by atoms with E-state index in [9.17, 15) is 22.0 Å². The third-order valence-corrected chi connectivity index (χ3v) is 4.86. The van der Waals surface area contributed by atoms with Gasteiger partial charge in [-0.15, -0.1) is 0 Å². The molecule has 1 aromatic carbocycles. The van der Waals surface area contributed by atoms with Gasteiger partial charge in [-0.1, -0.05) is 0 Å². The van der Waals surface area contributed by atoms with E-state index in [1.165, 1.54) is 6.07 Å². The quantitative estimate of drug-likeness (QED) is 0.808. The maximum Gasteiger partial charge on any atom is 0.228 e. The smallest absolute Gasteiger partial charge is 0.228 e. The average molecular weight is 355 g/mol. The van der Waals surface area contributed by atoms with E-state index in [0.717, 1.165) is 11.0 Å². The lowest BCUT2D eigenvalue weighted by atomic mass is 10.3. The Labute approximate surface area is 116 Å². The maximum absolute atomic E-state index is 13.4. The van der Waals surface area contributed by atoms with Gasteiger partial charge in [-0.05, 0) is 28.1 Å². The van der Waals surface area contributed by atoms with Crippen LogP contribution in [0.25, 0.3) is 0 Å². The standard InChI is InChI=1S/C10H9BrF2N2O3S/c11-9-7(2-1-6(12)10(9)13)15-4-5(3-8(15)16)19(14,17)18/h1-2,5H,3-4H2,(H2,14,17,18). The molecule has 0 bridgehead atoms. The van der Waals surface area contributed by atoms with Crippen molar-refractivity contribution in [1.29, 1.82) is 0 Å². The zero-order chi connectivity index (χ0) is 14.4. The van der Waals surface area contributed by atoms with Gasteiger partial charge >= 0.3 is 0 Å². The summed E-state index contributed by atoms with van der Waals surface area (Å²) in [6, 6.07) is 2.07. The van der Waals surface area contributed by atoms with E-state index >= 15 is 0 Å². The molecule has 0 aliphatic carbocycles. The second kappa shape index (κ2) is 4.80. The van der Waals surface area contributed by atoms with Crippen LogP contribution in [0.2, 0.25) is 0 Å². The fourth-order valence-corrected chi connectivity index (χ4v) is 3.12. The van der Waals surface area contributed by atoms with Crippen molar-refractivity contribution in [3.63, 3.8) is 0 Å². The Morgan fingerprint density at radius 3 is 2.53 bits per heavy atom. The van der Waals surface area contributed by atoms with E-state index in [4.69, 9.17) is 5.14 Å². The zero-order valence-corrected chi connectivity index (χ0v) is 11.8. The van der Waals surface area contributed by atoms with Crippen molar-refractivity contribution in [1.82, 2.24) is 0 Å². The molecule has 1 amide bonds. The van der Waals surface area contributed by atoms with Crippen molar-refractivity contribution in [3.05, 3.63) is 28.2 Å². The van der Waals surface area contributed by atoms with Crippen molar-refractivity contribution in [2.45, 2.75) is 11.7 Å². The lowest BCUT2D eigenvalue weighted by molar-refractivity contribution is -0.117. The predicted octanol–water partition coefficient (Wildman–Crippen LogP) is 1.12. The molecule has 9 heteroatoms. The molecule has 1 aromatic rings. The molecule has 0 spiro atoms. The third kappa shape index (κ3) is 2.63. The van der Waals surface area contributed by atoms with Gasteiger partial charge in [0, 0.05) is 13.0 Å². The number of carbonyl (C=O) groups excluding carboxylic acids is 1. The second-order valence-corrected chi connectivity index (χ2v) is 6.75. The Hall–Kier alpha value is -1.06. The molecule has 5 nitrogen and oxygen atoms in total. The molecule has 0 saturated carbocycles. The number of amides is 1. The minimum Gasteiger partial charge on any atom is -0.310 e. The Kier molecular flexibility index (Phi) is 3.63. The van der Waals surface area contributed by atoms with Crippen LogP contribution in [0.15, 0.2) is 16.6 Å². The van der Waals surface area contributed by atoms with Gasteiger partial charge in [0.15, 0.2) is 11.6 Å². The van der Waals surface area contributed by atoms with E-state index in [2.05, 4.69) is 15.9 Å². The summed E-state index contributed by atoms with van der Waals surface area (Å²) >= 11 is 2.85. The summed E-state index contributed by atoms with van der Waals surface area (Å²) in [5.41, 5.74) is 0.0788. The molecular weight excluding hydrogens is 346 g/mol. The third-order valence-electron chi connectivity index (χ3n) is 2.86. The Morgan fingerprint density at radius 2 is 2.00 bits per heavy atom. The Bertz CT molecular complexity index is 650. The van der Waals surface area contributed by atoms with Gasteiger partial charge in [0.05, 0.1) is 10.2 Å². The summed E-state index contributed by atoms with van der Waals surface area (Å²) in [4.78, 5) is 12.8. The minimum atomic E-state index is -3.85. The molecule has 2 rings (SSSR count). The largest absolute Gasteiger partial charge is 0.310 e. The second-order valence-electron chi connectivity index (χ2n) is 4.11. The number of halogens is 3. The van der Waals surface area contributed by atoms with Crippen LogP contribution in [-0.4, -0.2) is 26.1 Å². The Balaban J connectivity index is 2.39. The van der Waals surface area contributed by atoms with Crippen molar-refractivity contribution >= 4 is 37.5 Å². The molecule has 2 N–H and O–H groups in total. The number of primary sulfonamides is 1. The van der Waals surface area contributed by atoms with Gasteiger partial charge in [-0.25, -0.2) is 22.3 Å². The molecule has 1 heterocycles. The van der Waals surface area contributed by atoms with Gasteiger partial charge in [0.25, 0.3) is 0 Å². The molecule has 1 fully saturated rings. The molecule has 1 atom stereocenters. The maximum atomic E-state index is 13.4. The van der Waals surface area contributed by atoms with Gasteiger partial charge < -0.3 is 4.90 Å². The molecule has 19 heavy (non-hydrogen) atoms. The van der Waals surface area contributed by atoms with Crippen LogP contribution < -0.4 is 10.0 Å². The normalized spacial score (nSPS) is 20.1. The number of carbonyl (C=O) groups is 1. The number of anilines is 1. The van der Waals surface area contributed by atoms with E-state index in [0.29, 0.717) is 0 Å². The highest BCUT2D eigenvalue weighted by molar-refractivity contribution is 9.10. The molecule has 104 valence electrons. The first-order valence-corrected chi connectivity index (χ1v) is 7.57. The monoisotopic (exact) mass is 354 g/mol. The van der Waals surface area contributed by atoms with Crippen LogP contribution in [0.3, 0.4) is 0 Å². The highest BCUT2D eigenvalue weighted by atomic mass is 79.9. The number of nitrogens with zero attached hydrogens (tertiary/aromatic N) is 1. The molecular formula is C10H9BrF2N2O3S. The van der Waals surface area contributed by atoms with E-state index in [-0.39, 0.29) is 23.1 Å². The summed E-state index contributed by atoms with van der Waals surface area (Å²) in [6.45, 7) is -0.179. The summed E-state index contributed by atoms with van der Waals surface area (Å²) in [7, 11) is -3.85. The van der Waals surface area contributed by atoms with Gasteiger partial charge in [0.2, 0.25) is 15.9 Å². The number of nitrogens with two attached hydrogens (primary N) is 1. The van der Waals surface area contributed by atoms with Gasteiger partial charge in [-0.2, -0.15) is 0 Å². The first kappa shape index (κ1) is 14.4. The number of sulfonamides is 1. The first-order valence-electron chi connectivity index (χ1n) is 5.17. The fourth-order valence-electron chi connectivity index (χ4n) is 1.85. The van der Waals surface area contributed by atoms with Gasteiger partial charge in [0.1, 0.15) is 5.25 Å².